The molecule has 0 aromatic carbocycles. The number of piperidine rings is 1. The lowest BCUT2D eigenvalue weighted by molar-refractivity contribution is -0.130. The number of rotatable bonds is 4. The first kappa shape index (κ1) is 16.2. The number of carbonyl (C=O) groups excluding carboxylic acids is 2. The van der Waals surface area contributed by atoms with Gasteiger partial charge in [-0.05, 0) is 31.2 Å². The van der Waals surface area contributed by atoms with E-state index in [-0.39, 0.29) is 11.9 Å². The van der Waals surface area contributed by atoms with Crippen molar-refractivity contribution in [2.45, 2.75) is 26.2 Å². The molecule has 1 atom stereocenters. The van der Waals surface area contributed by atoms with E-state index in [2.05, 4.69) is 25.6 Å². The smallest absolute Gasteiger partial charge is 0.320 e. The van der Waals surface area contributed by atoms with Crippen LogP contribution >= 0.6 is 0 Å². The average Bonchev–Trinajstić information content (AvgIpc) is 3.03. The van der Waals surface area contributed by atoms with Gasteiger partial charge in [-0.15, -0.1) is 0 Å². The second-order valence-corrected chi connectivity index (χ2v) is 6.11. The minimum Gasteiger partial charge on any atom is -0.345 e. The van der Waals surface area contributed by atoms with Crippen molar-refractivity contribution in [3.63, 3.8) is 0 Å². The number of urea groups is 1. The van der Waals surface area contributed by atoms with E-state index in [0.29, 0.717) is 29.4 Å². The summed E-state index contributed by atoms with van der Waals surface area (Å²) >= 11 is 0. The van der Waals surface area contributed by atoms with Crippen molar-refractivity contribution in [2.24, 2.45) is 5.92 Å². The number of likely N-dealkylation sites (tertiary alicyclic amines) is 1. The standard InChI is InChI=1S/C16H22N6O2/c1-11(23)22-8-2-3-12(10-22)4-6-18-16(24)21-14-9-19-15-13(20-14)5-7-17-15/h5,7,9,12H,2-4,6,8,10H2,1H3,(H,17,19)(H2,18,20,21,24). The summed E-state index contributed by atoms with van der Waals surface area (Å²) in [5.74, 6) is 0.989. The van der Waals surface area contributed by atoms with E-state index < -0.39 is 0 Å². The number of nitrogens with one attached hydrogen (secondary N) is 3. The molecule has 2 aromatic heterocycles. The molecule has 0 radical (unpaired) electrons. The molecule has 3 heterocycles. The largest absolute Gasteiger partial charge is 0.345 e. The van der Waals surface area contributed by atoms with Gasteiger partial charge in [0.1, 0.15) is 5.52 Å². The molecule has 2 aromatic rings. The number of carbonyl (C=O) groups is 2. The molecule has 3 amide bonds. The van der Waals surface area contributed by atoms with E-state index in [4.69, 9.17) is 0 Å². The summed E-state index contributed by atoms with van der Waals surface area (Å²) in [5.41, 5.74) is 1.40. The number of nitrogens with zero attached hydrogens (tertiary/aromatic N) is 3. The summed E-state index contributed by atoms with van der Waals surface area (Å²) in [6.07, 6.45) is 6.26. The van der Waals surface area contributed by atoms with Gasteiger partial charge in [0.15, 0.2) is 11.5 Å². The second kappa shape index (κ2) is 7.29. The number of aromatic nitrogens is 3. The highest BCUT2D eigenvalue weighted by Crippen LogP contribution is 2.19. The number of H-pyrrole nitrogens is 1. The number of anilines is 1. The van der Waals surface area contributed by atoms with Crippen LogP contribution in [0.3, 0.4) is 0 Å². The Labute approximate surface area is 140 Å². The van der Waals surface area contributed by atoms with Gasteiger partial charge in [-0.1, -0.05) is 0 Å². The molecular weight excluding hydrogens is 308 g/mol. The van der Waals surface area contributed by atoms with Gasteiger partial charge < -0.3 is 15.2 Å². The zero-order valence-corrected chi connectivity index (χ0v) is 13.7. The fourth-order valence-corrected chi connectivity index (χ4v) is 3.03. The normalized spacial score (nSPS) is 17.7. The topological polar surface area (TPSA) is 103 Å². The Hall–Kier alpha value is -2.64. The van der Waals surface area contributed by atoms with Gasteiger partial charge in [0, 0.05) is 32.8 Å². The number of fused-ring (bicyclic) bond motifs is 1. The molecule has 1 saturated heterocycles. The van der Waals surface area contributed by atoms with Gasteiger partial charge in [0.25, 0.3) is 0 Å². The Morgan fingerprint density at radius 2 is 2.33 bits per heavy atom. The maximum Gasteiger partial charge on any atom is 0.320 e. The van der Waals surface area contributed by atoms with Gasteiger partial charge in [-0.25, -0.2) is 14.8 Å². The average molecular weight is 330 g/mol. The van der Waals surface area contributed by atoms with E-state index in [1.54, 1.807) is 19.2 Å². The lowest BCUT2D eigenvalue weighted by Gasteiger charge is -2.32. The van der Waals surface area contributed by atoms with Crippen molar-refractivity contribution in [3.05, 3.63) is 18.5 Å². The van der Waals surface area contributed by atoms with Gasteiger partial charge in [0.05, 0.1) is 6.20 Å². The minimum atomic E-state index is -0.293. The van der Waals surface area contributed by atoms with Crippen LogP contribution in [0.5, 0.6) is 0 Å². The SMILES string of the molecule is CC(=O)N1CCCC(CCNC(=O)Nc2cnc3[nH]ccc3n2)C1. The monoisotopic (exact) mass is 330 g/mol. The van der Waals surface area contributed by atoms with Crippen LogP contribution in [0.4, 0.5) is 10.6 Å². The van der Waals surface area contributed by atoms with Crippen LogP contribution in [0.1, 0.15) is 26.2 Å². The third-order valence-electron chi connectivity index (χ3n) is 4.30. The van der Waals surface area contributed by atoms with Crippen molar-refractivity contribution in [1.82, 2.24) is 25.2 Å². The molecular formula is C16H22N6O2. The fraction of sp³-hybridized carbons (Fsp3) is 0.500. The van der Waals surface area contributed by atoms with Crippen molar-refractivity contribution in [1.29, 1.82) is 0 Å². The van der Waals surface area contributed by atoms with Gasteiger partial charge in [0.2, 0.25) is 5.91 Å². The third-order valence-corrected chi connectivity index (χ3v) is 4.30. The quantitative estimate of drug-likeness (QED) is 0.794. The zero-order chi connectivity index (χ0) is 16.9. The molecule has 3 rings (SSSR count). The predicted octanol–water partition coefficient (Wildman–Crippen LogP) is 1.73. The second-order valence-electron chi connectivity index (χ2n) is 6.11. The van der Waals surface area contributed by atoms with Crippen LogP contribution in [-0.4, -0.2) is 51.4 Å². The molecule has 24 heavy (non-hydrogen) atoms. The Kier molecular flexibility index (Phi) is 4.93. The maximum atomic E-state index is 11.9. The molecule has 1 unspecified atom stereocenters. The fourth-order valence-electron chi connectivity index (χ4n) is 3.03. The van der Waals surface area contributed by atoms with E-state index in [1.807, 2.05) is 4.90 Å². The first-order chi connectivity index (χ1) is 11.6. The molecule has 3 N–H and O–H groups in total. The maximum absolute atomic E-state index is 11.9. The molecule has 8 nitrogen and oxygen atoms in total. The Balaban J connectivity index is 1.43. The lowest BCUT2D eigenvalue weighted by Crippen LogP contribution is -2.40. The van der Waals surface area contributed by atoms with Gasteiger partial charge in [-0.2, -0.15) is 0 Å². The number of amides is 3. The van der Waals surface area contributed by atoms with Gasteiger partial charge in [-0.3, -0.25) is 10.1 Å². The molecule has 0 aliphatic carbocycles. The highest BCUT2D eigenvalue weighted by atomic mass is 16.2. The molecule has 1 fully saturated rings. The predicted molar refractivity (Wildman–Crippen MR) is 90.5 cm³/mol. The van der Waals surface area contributed by atoms with Crippen molar-refractivity contribution in [3.8, 4) is 0 Å². The molecule has 0 saturated carbocycles. The number of hydrogen-bond acceptors (Lipinski definition) is 4. The first-order valence-corrected chi connectivity index (χ1v) is 8.22. The summed E-state index contributed by atoms with van der Waals surface area (Å²) < 4.78 is 0. The minimum absolute atomic E-state index is 0.129. The summed E-state index contributed by atoms with van der Waals surface area (Å²) in [4.78, 5) is 36.7. The Morgan fingerprint density at radius 1 is 1.46 bits per heavy atom. The van der Waals surface area contributed by atoms with Crippen LogP contribution in [0, 0.1) is 5.92 Å². The van der Waals surface area contributed by atoms with Crippen LogP contribution < -0.4 is 10.6 Å². The van der Waals surface area contributed by atoms with E-state index in [9.17, 15) is 9.59 Å². The van der Waals surface area contributed by atoms with Crippen LogP contribution in [0.15, 0.2) is 18.5 Å². The van der Waals surface area contributed by atoms with E-state index in [0.717, 1.165) is 32.4 Å². The molecule has 1 aliphatic rings. The number of hydrogen-bond donors (Lipinski definition) is 3. The van der Waals surface area contributed by atoms with Crippen LogP contribution in [0.2, 0.25) is 0 Å². The van der Waals surface area contributed by atoms with E-state index in [1.165, 1.54) is 6.20 Å². The third kappa shape index (κ3) is 4.01. The van der Waals surface area contributed by atoms with Crippen molar-refractivity contribution < 1.29 is 9.59 Å². The zero-order valence-electron chi connectivity index (χ0n) is 13.7. The summed E-state index contributed by atoms with van der Waals surface area (Å²) in [6, 6.07) is 1.51. The highest BCUT2D eigenvalue weighted by molar-refractivity contribution is 5.89. The van der Waals surface area contributed by atoms with Gasteiger partial charge >= 0.3 is 6.03 Å². The van der Waals surface area contributed by atoms with Crippen LogP contribution in [-0.2, 0) is 4.79 Å². The molecule has 1 aliphatic heterocycles. The molecule has 0 spiro atoms. The summed E-state index contributed by atoms with van der Waals surface area (Å²) in [5, 5.41) is 5.52. The van der Waals surface area contributed by atoms with E-state index >= 15 is 0 Å². The first-order valence-electron chi connectivity index (χ1n) is 8.22. The van der Waals surface area contributed by atoms with Crippen LogP contribution in [0.25, 0.3) is 11.2 Å². The molecule has 0 bridgehead atoms. The van der Waals surface area contributed by atoms with Crippen molar-refractivity contribution >= 4 is 28.9 Å². The molecule has 8 heteroatoms. The lowest BCUT2D eigenvalue weighted by atomic mass is 9.95. The Morgan fingerprint density at radius 3 is 3.17 bits per heavy atom. The highest BCUT2D eigenvalue weighted by Gasteiger charge is 2.21. The number of aromatic amines is 1. The van der Waals surface area contributed by atoms with Crippen molar-refractivity contribution in [2.75, 3.05) is 25.0 Å². The molecule has 128 valence electrons. The summed E-state index contributed by atoms with van der Waals surface area (Å²) in [6.45, 7) is 3.81. The summed E-state index contributed by atoms with van der Waals surface area (Å²) in [7, 11) is 0. The Bertz CT molecular complexity index is 728.